The van der Waals surface area contributed by atoms with Crippen LogP contribution in [0.2, 0.25) is 0 Å². The zero-order chi connectivity index (χ0) is 21.7. The van der Waals surface area contributed by atoms with Crippen LogP contribution in [0.1, 0.15) is 35.3 Å². The third-order valence-corrected chi connectivity index (χ3v) is 3.17. The molecule has 0 aliphatic heterocycles. The average Bonchev–Trinajstić information content (AvgIpc) is 2.57. The fraction of sp³-hybridized carbons (Fsp3) is 0.438. The van der Waals surface area contributed by atoms with Gasteiger partial charge < -0.3 is 14.8 Å². The number of halogens is 6. The van der Waals surface area contributed by atoms with Gasteiger partial charge in [-0.2, -0.15) is 26.3 Å². The topological polar surface area (TPSA) is 81.7 Å². The lowest BCUT2D eigenvalue weighted by Gasteiger charge is -2.17. The van der Waals surface area contributed by atoms with Crippen molar-refractivity contribution in [1.82, 2.24) is 5.32 Å². The first-order chi connectivity index (χ1) is 12.8. The van der Waals surface area contributed by atoms with E-state index in [1.807, 2.05) is 0 Å². The number of esters is 2. The Morgan fingerprint density at radius 2 is 1.25 bits per heavy atom. The van der Waals surface area contributed by atoms with Gasteiger partial charge in [-0.25, -0.2) is 9.59 Å². The van der Waals surface area contributed by atoms with Crippen molar-refractivity contribution in [1.29, 1.82) is 0 Å². The minimum Gasteiger partial charge on any atom is -0.464 e. The number of amides is 1. The van der Waals surface area contributed by atoms with Gasteiger partial charge in [-0.3, -0.25) is 4.79 Å². The summed E-state index contributed by atoms with van der Waals surface area (Å²) in [6.07, 6.45) is -10.3. The number of alkyl halides is 6. The number of nitrogens with one attached hydrogen (secondary N) is 1. The minimum atomic E-state index is -5.17. The molecule has 1 aromatic carbocycles. The van der Waals surface area contributed by atoms with Crippen molar-refractivity contribution < 1.29 is 50.2 Å². The fourth-order valence-electron chi connectivity index (χ4n) is 1.97. The second-order valence-electron chi connectivity index (χ2n) is 5.21. The smallest absolute Gasteiger partial charge is 0.416 e. The molecular formula is C16H15F6NO5. The van der Waals surface area contributed by atoms with E-state index in [1.54, 1.807) is 5.32 Å². The van der Waals surface area contributed by atoms with Gasteiger partial charge in [-0.05, 0) is 32.0 Å². The normalized spacial score (nSPS) is 11.9. The molecule has 0 saturated heterocycles. The summed E-state index contributed by atoms with van der Waals surface area (Å²) in [4.78, 5) is 35.7. The Labute approximate surface area is 154 Å². The highest BCUT2D eigenvalue weighted by Gasteiger charge is 2.38. The van der Waals surface area contributed by atoms with Crippen molar-refractivity contribution in [2.24, 2.45) is 0 Å². The maximum Gasteiger partial charge on any atom is 0.416 e. The zero-order valence-electron chi connectivity index (χ0n) is 14.5. The molecule has 6 nitrogen and oxygen atoms in total. The molecular weight excluding hydrogens is 400 g/mol. The number of carbonyl (C=O) groups is 3. The van der Waals surface area contributed by atoms with Gasteiger partial charge in [-0.1, -0.05) is 0 Å². The molecule has 0 spiro atoms. The van der Waals surface area contributed by atoms with E-state index >= 15 is 0 Å². The highest BCUT2D eigenvalue weighted by atomic mass is 19.4. The standard InChI is InChI=1S/C16H15F6NO5/c1-3-27-13(25)11(14(26)28-4-2)23-12(24)8-5-9(15(17,18)19)7-10(6-8)16(20,21)22/h5-7,11H,3-4H2,1-2H3,(H,23,24). The van der Waals surface area contributed by atoms with Crippen LogP contribution in [0.3, 0.4) is 0 Å². The van der Waals surface area contributed by atoms with Crippen molar-refractivity contribution >= 4 is 17.8 Å². The van der Waals surface area contributed by atoms with Crippen LogP contribution >= 0.6 is 0 Å². The maximum absolute atomic E-state index is 12.9. The highest BCUT2D eigenvalue weighted by molar-refractivity contribution is 6.05. The van der Waals surface area contributed by atoms with Gasteiger partial charge in [-0.15, -0.1) is 0 Å². The lowest BCUT2D eigenvalue weighted by Crippen LogP contribution is -2.48. The third-order valence-electron chi connectivity index (χ3n) is 3.17. The van der Waals surface area contributed by atoms with Gasteiger partial charge in [0, 0.05) is 5.56 Å². The Kier molecular flexibility index (Phi) is 7.42. The number of hydrogen-bond donors (Lipinski definition) is 1. The van der Waals surface area contributed by atoms with Crippen LogP contribution in [0.25, 0.3) is 0 Å². The summed E-state index contributed by atoms with van der Waals surface area (Å²) in [6, 6.07) is -1.89. The predicted octanol–water partition coefficient (Wildman–Crippen LogP) is 2.95. The SMILES string of the molecule is CCOC(=O)C(NC(=O)c1cc(C(F)(F)F)cc(C(F)(F)F)c1)C(=O)OCC. The van der Waals surface area contributed by atoms with Crippen molar-refractivity contribution in [2.75, 3.05) is 13.2 Å². The second kappa shape index (κ2) is 8.93. The van der Waals surface area contributed by atoms with Crippen LogP contribution < -0.4 is 5.32 Å². The fourth-order valence-corrected chi connectivity index (χ4v) is 1.97. The van der Waals surface area contributed by atoms with E-state index in [0.29, 0.717) is 0 Å². The minimum absolute atomic E-state index is 0.162. The monoisotopic (exact) mass is 415 g/mol. The molecule has 1 N–H and O–H groups in total. The van der Waals surface area contributed by atoms with E-state index in [1.165, 1.54) is 13.8 Å². The Bertz CT molecular complexity index is 694. The summed E-state index contributed by atoms with van der Waals surface area (Å²) in [6.45, 7) is 2.35. The van der Waals surface area contributed by atoms with E-state index < -0.39 is 52.9 Å². The summed E-state index contributed by atoms with van der Waals surface area (Å²) >= 11 is 0. The van der Waals surface area contributed by atoms with E-state index in [-0.39, 0.29) is 31.4 Å². The van der Waals surface area contributed by atoms with Gasteiger partial charge in [0.2, 0.25) is 6.04 Å². The molecule has 0 aromatic heterocycles. The largest absolute Gasteiger partial charge is 0.464 e. The molecule has 0 radical (unpaired) electrons. The van der Waals surface area contributed by atoms with Crippen LogP contribution in [0.4, 0.5) is 26.3 Å². The zero-order valence-corrected chi connectivity index (χ0v) is 14.5. The van der Waals surface area contributed by atoms with E-state index in [9.17, 15) is 40.7 Å². The Morgan fingerprint density at radius 3 is 1.57 bits per heavy atom. The van der Waals surface area contributed by atoms with Crippen molar-refractivity contribution in [2.45, 2.75) is 32.2 Å². The molecule has 0 heterocycles. The Balaban J connectivity index is 3.31. The first-order valence-corrected chi connectivity index (χ1v) is 7.74. The Morgan fingerprint density at radius 1 is 0.857 bits per heavy atom. The summed E-state index contributed by atoms with van der Waals surface area (Å²) in [5.41, 5.74) is -4.51. The number of benzene rings is 1. The van der Waals surface area contributed by atoms with Crippen LogP contribution in [0.5, 0.6) is 0 Å². The number of rotatable bonds is 6. The summed E-state index contributed by atoms with van der Waals surface area (Å²) < 4.78 is 86.3. The second-order valence-corrected chi connectivity index (χ2v) is 5.21. The molecule has 28 heavy (non-hydrogen) atoms. The van der Waals surface area contributed by atoms with Crippen molar-refractivity contribution in [3.63, 3.8) is 0 Å². The summed E-state index contributed by atoms with van der Waals surface area (Å²) in [7, 11) is 0. The first kappa shape index (κ1) is 23.2. The molecule has 156 valence electrons. The van der Waals surface area contributed by atoms with Gasteiger partial charge in [0.15, 0.2) is 0 Å². The molecule has 0 aliphatic carbocycles. The highest BCUT2D eigenvalue weighted by Crippen LogP contribution is 2.36. The maximum atomic E-state index is 12.9. The van der Waals surface area contributed by atoms with Crippen LogP contribution in [0, 0.1) is 0 Å². The lowest BCUT2D eigenvalue weighted by molar-refractivity contribution is -0.157. The Hall–Kier alpha value is -2.79. The van der Waals surface area contributed by atoms with Crippen molar-refractivity contribution in [3.05, 3.63) is 34.9 Å². The van der Waals surface area contributed by atoms with Gasteiger partial charge in [0.05, 0.1) is 24.3 Å². The molecule has 1 amide bonds. The molecule has 0 bridgehead atoms. The van der Waals surface area contributed by atoms with Gasteiger partial charge in [0.1, 0.15) is 0 Å². The molecule has 0 aliphatic rings. The molecule has 0 saturated carbocycles. The molecule has 12 heteroatoms. The molecule has 0 unspecified atom stereocenters. The average molecular weight is 415 g/mol. The van der Waals surface area contributed by atoms with E-state index in [0.717, 1.165) is 0 Å². The predicted molar refractivity (Wildman–Crippen MR) is 81.0 cm³/mol. The van der Waals surface area contributed by atoms with Crippen LogP contribution in [-0.2, 0) is 31.4 Å². The first-order valence-electron chi connectivity index (χ1n) is 7.74. The van der Waals surface area contributed by atoms with E-state index in [2.05, 4.69) is 9.47 Å². The molecule has 0 atom stereocenters. The van der Waals surface area contributed by atoms with Gasteiger partial charge in [0.25, 0.3) is 5.91 Å². The van der Waals surface area contributed by atoms with Gasteiger partial charge >= 0.3 is 24.3 Å². The molecule has 1 aromatic rings. The summed E-state index contributed by atoms with van der Waals surface area (Å²) in [5.74, 6) is -4.09. The van der Waals surface area contributed by atoms with E-state index in [4.69, 9.17) is 0 Å². The lowest BCUT2D eigenvalue weighted by atomic mass is 10.0. The third kappa shape index (κ3) is 6.13. The van der Waals surface area contributed by atoms with Crippen molar-refractivity contribution in [3.8, 4) is 0 Å². The number of hydrogen-bond acceptors (Lipinski definition) is 5. The summed E-state index contributed by atoms with van der Waals surface area (Å²) in [5, 5.41) is 1.74. The number of carbonyl (C=O) groups excluding carboxylic acids is 3. The van der Waals surface area contributed by atoms with Crippen LogP contribution in [0.15, 0.2) is 18.2 Å². The van der Waals surface area contributed by atoms with Crippen LogP contribution in [-0.4, -0.2) is 37.1 Å². The quantitative estimate of drug-likeness (QED) is 0.439. The molecule has 1 rings (SSSR count). The molecule has 0 fully saturated rings. The number of ether oxygens (including phenoxy) is 2.